The molecule has 5 rings (SSSR count). The average molecular weight is 676 g/mol. The van der Waals surface area contributed by atoms with Crippen molar-refractivity contribution in [2.24, 2.45) is 5.10 Å². The molecule has 0 fully saturated rings. The molecule has 0 amide bonds. The molecule has 0 N–H and O–H groups in total. The summed E-state index contributed by atoms with van der Waals surface area (Å²) < 4.78 is 13.0. The lowest BCUT2D eigenvalue weighted by atomic mass is 9.96. The summed E-state index contributed by atoms with van der Waals surface area (Å²) >= 11 is 9.37. The van der Waals surface area contributed by atoms with Crippen molar-refractivity contribution in [1.29, 1.82) is 0 Å². The maximum atomic E-state index is 13.8. The summed E-state index contributed by atoms with van der Waals surface area (Å²) in [5.41, 5.74) is 3.59. The van der Waals surface area contributed by atoms with Gasteiger partial charge in [-0.3, -0.25) is 14.9 Å². The Morgan fingerprint density at radius 2 is 1.84 bits per heavy atom. The van der Waals surface area contributed by atoms with E-state index >= 15 is 0 Å². The van der Waals surface area contributed by atoms with Gasteiger partial charge in [-0.25, -0.2) is 4.98 Å². The minimum atomic E-state index is -0.525. The molecule has 0 spiro atoms. The third-order valence-corrected chi connectivity index (χ3v) is 7.90. The summed E-state index contributed by atoms with van der Waals surface area (Å²) in [6, 6.07) is 20.9. The van der Waals surface area contributed by atoms with Gasteiger partial charge in [0.05, 0.1) is 33.6 Å². The second kappa shape index (κ2) is 13.0. The van der Waals surface area contributed by atoms with E-state index in [1.807, 2.05) is 25.1 Å². The molecule has 4 aromatic carbocycles. The zero-order chi connectivity index (χ0) is 31.5. The molecule has 0 atom stereocenters. The average Bonchev–Trinajstić information content (AvgIpc) is 3.00. The Hall–Kier alpha value is -4.54. The molecule has 0 aliphatic carbocycles. The summed E-state index contributed by atoms with van der Waals surface area (Å²) in [6.45, 7) is 6.14. The molecule has 9 nitrogen and oxygen atoms in total. The van der Waals surface area contributed by atoms with Crippen molar-refractivity contribution in [1.82, 2.24) is 9.66 Å². The molecule has 0 unspecified atom stereocenters. The lowest BCUT2D eigenvalue weighted by molar-refractivity contribution is -0.386. The first-order valence-corrected chi connectivity index (χ1v) is 14.8. The molecule has 0 bridgehead atoms. The molecule has 0 saturated heterocycles. The van der Waals surface area contributed by atoms with Crippen molar-refractivity contribution in [2.45, 2.75) is 33.3 Å². The topological polar surface area (TPSA) is 109 Å². The fourth-order valence-electron chi connectivity index (χ4n) is 4.79. The number of halogens is 2. The summed E-state index contributed by atoms with van der Waals surface area (Å²) in [6.07, 6.45) is 1.39. The Kier molecular flexibility index (Phi) is 9.12. The molecular weight excluding hydrogens is 648 g/mol. The van der Waals surface area contributed by atoms with Crippen molar-refractivity contribution in [3.8, 4) is 22.9 Å². The molecule has 0 saturated carbocycles. The molecule has 1 aromatic heterocycles. The monoisotopic (exact) mass is 674 g/mol. The summed E-state index contributed by atoms with van der Waals surface area (Å²) in [7, 11) is 1.63. The van der Waals surface area contributed by atoms with Crippen LogP contribution >= 0.6 is 27.5 Å². The Labute approximate surface area is 267 Å². The van der Waals surface area contributed by atoms with E-state index in [2.05, 4.69) is 34.9 Å². The summed E-state index contributed by atoms with van der Waals surface area (Å²) in [5, 5.41) is 17.5. The minimum absolute atomic E-state index is 0.0717. The van der Waals surface area contributed by atoms with Crippen LogP contribution in [0.15, 0.2) is 87.2 Å². The molecular formula is C33H28BrClN4O5. The molecule has 224 valence electrons. The molecule has 44 heavy (non-hydrogen) atoms. The predicted octanol–water partition coefficient (Wildman–Crippen LogP) is 8.29. The van der Waals surface area contributed by atoms with E-state index in [0.717, 1.165) is 22.4 Å². The van der Waals surface area contributed by atoms with Crippen molar-refractivity contribution < 1.29 is 14.4 Å². The standard InChI is InChI=1S/C33H28BrClN4O5/c1-19(2)25-16-26(20(3)13-30(25)43-4)32-37-28-8-6-5-7-24(28)33(40)38(32)36-17-22-14-27(34)31(29(15-22)39(41)42)44-18-21-9-11-23(35)12-10-21/h5-17,19H,18H2,1-4H3. The van der Waals surface area contributed by atoms with E-state index in [1.54, 1.807) is 55.6 Å². The van der Waals surface area contributed by atoms with Crippen LogP contribution in [0.25, 0.3) is 22.3 Å². The van der Waals surface area contributed by atoms with E-state index in [1.165, 1.54) is 17.0 Å². The van der Waals surface area contributed by atoms with Crippen LogP contribution in [0.4, 0.5) is 5.69 Å². The van der Waals surface area contributed by atoms with Gasteiger partial charge in [0, 0.05) is 22.2 Å². The van der Waals surface area contributed by atoms with E-state index in [4.69, 9.17) is 26.1 Å². The van der Waals surface area contributed by atoms with Gasteiger partial charge in [-0.2, -0.15) is 9.78 Å². The Morgan fingerprint density at radius 1 is 1.11 bits per heavy atom. The van der Waals surface area contributed by atoms with Gasteiger partial charge in [0.1, 0.15) is 12.4 Å². The second-order valence-corrected chi connectivity index (χ2v) is 11.7. The van der Waals surface area contributed by atoms with Gasteiger partial charge in [0.15, 0.2) is 5.82 Å². The van der Waals surface area contributed by atoms with Crippen LogP contribution in [0.3, 0.4) is 0 Å². The van der Waals surface area contributed by atoms with Gasteiger partial charge >= 0.3 is 5.69 Å². The first-order chi connectivity index (χ1) is 21.1. The number of aryl methyl sites for hydroxylation is 1. The quantitative estimate of drug-likeness (QED) is 0.0884. The van der Waals surface area contributed by atoms with E-state index < -0.39 is 4.92 Å². The number of benzene rings is 4. The number of fused-ring (bicyclic) bond motifs is 1. The van der Waals surface area contributed by atoms with E-state index in [9.17, 15) is 14.9 Å². The fourth-order valence-corrected chi connectivity index (χ4v) is 5.49. The van der Waals surface area contributed by atoms with Gasteiger partial charge in [-0.1, -0.05) is 49.7 Å². The number of nitro groups is 1. The molecule has 5 aromatic rings. The number of nitrogens with zero attached hydrogens (tertiary/aromatic N) is 4. The fraction of sp³-hybridized carbons (Fsp3) is 0.182. The maximum absolute atomic E-state index is 13.8. The van der Waals surface area contributed by atoms with E-state index in [0.29, 0.717) is 37.3 Å². The predicted molar refractivity (Wildman–Crippen MR) is 176 cm³/mol. The number of methoxy groups -OCH3 is 1. The van der Waals surface area contributed by atoms with Gasteiger partial charge in [0.2, 0.25) is 5.75 Å². The van der Waals surface area contributed by atoms with Crippen LogP contribution in [0, 0.1) is 17.0 Å². The minimum Gasteiger partial charge on any atom is -0.496 e. The van der Waals surface area contributed by atoms with Crippen molar-refractivity contribution in [3.05, 3.63) is 125 Å². The third-order valence-electron chi connectivity index (χ3n) is 7.06. The Balaban J connectivity index is 1.61. The highest BCUT2D eigenvalue weighted by Gasteiger charge is 2.21. The van der Waals surface area contributed by atoms with Crippen LogP contribution in [0.1, 0.15) is 42.0 Å². The highest BCUT2D eigenvalue weighted by atomic mass is 79.9. The smallest absolute Gasteiger partial charge is 0.312 e. The zero-order valence-corrected chi connectivity index (χ0v) is 26.7. The summed E-state index contributed by atoms with van der Waals surface area (Å²) in [4.78, 5) is 30.1. The zero-order valence-electron chi connectivity index (χ0n) is 24.4. The highest BCUT2D eigenvalue weighted by Crippen LogP contribution is 2.37. The molecule has 0 aliphatic rings. The molecule has 11 heteroatoms. The molecule has 0 aliphatic heterocycles. The SMILES string of the molecule is COc1cc(C)c(-c2nc3ccccc3c(=O)n2N=Cc2cc(Br)c(OCc3ccc(Cl)cc3)c([N+](=O)[O-])c2)cc1C(C)C. The van der Waals surface area contributed by atoms with Crippen LogP contribution in [-0.4, -0.2) is 27.9 Å². The number of hydrogen-bond acceptors (Lipinski definition) is 7. The Bertz CT molecular complexity index is 1970. The van der Waals surface area contributed by atoms with Crippen LogP contribution < -0.4 is 15.0 Å². The first-order valence-electron chi connectivity index (χ1n) is 13.7. The Morgan fingerprint density at radius 3 is 2.52 bits per heavy atom. The number of ether oxygens (including phenoxy) is 2. The maximum Gasteiger partial charge on any atom is 0.312 e. The number of rotatable bonds is 9. The third kappa shape index (κ3) is 6.36. The van der Waals surface area contributed by atoms with Crippen molar-refractivity contribution in [3.63, 3.8) is 0 Å². The highest BCUT2D eigenvalue weighted by molar-refractivity contribution is 9.10. The van der Waals surface area contributed by atoms with Crippen LogP contribution in [0.2, 0.25) is 5.02 Å². The van der Waals surface area contributed by atoms with Gasteiger partial charge in [-0.05, 0) is 87.9 Å². The van der Waals surface area contributed by atoms with Crippen LogP contribution in [0.5, 0.6) is 11.5 Å². The lowest BCUT2D eigenvalue weighted by Crippen LogP contribution is -2.20. The van der Waals surface area contributed by atoms with Gasteiger partial charge in [0.25, 0.3) is 5.56 Å². The summed E-state index contributed by atoms with van der Waals surface area (Å²) in [5.74, 6) is 1.30. The number of hydrogen-bond donors (Lipinski definition) is 0. The second-order valence-electron chi connectivity index (χ2n) is 10.4. The first kappa shape index (κ1) is 30.9. The van der Waals surface area contributed by atoms with E-state index in [-0.39, 0.29) is 29.5 Å². The largest absolute Gasteiger partial charge is 0.496 e. The number of nitro benzene ring substituents is 1. The normalized spacial score (nSPS) is 11.4. The van der Waals surface area contributed by atoms with Crippen LogP contribution in [-0.2, 0) is 6.61 Å². The van der Waals surface area contributed by atoms with Gasteiger partial charge in [-0.15, -0.1) is 0 Å². The molecule has 1 heterocycles. The number of aromatic nitrogens is 2. The van der Waals surface area contributed by atoms with Gasteiger partial charge < -0.3 is 9.47 Å². The lowest BCUT2D eigenvalue weighted by Gasteiger charge is -2.17. The van der Waals surface area contributed by atoms with Crippen molar-refractivity contribution in [2.75, 3.05) is 7.11 Å². The molecule has 0 radical (unpaired) electrons. The van der Waals surface area contributed by atoms with Crippen molar-refractivity contribution >= 4 is 50.3 Å². The number of para-hydroxylation sites is 1.